The summed E-state index contributed by atoms with van der Waals surface area (Å²) in [5.74, 6) is -5.00. The van der Waals surface area contributed by atoms with Crippen molar-refractivity contribution in [1.82, 2.24) is 4.98 Å². The first-order chi connectivity index (χ1) is 12.8. The van der Waals surface area contributed by atoms with Crippen LogP contribution < -0.4 is 5.32 Å². The third-order valence-electron chi connectivity index (χ3n) is 3.05. The van der Waals surface area contributed by atoms with E-state index in [1.807, 2.05) is 5.32 Å². The number of nitrogens with one attached hydrogen (secondary N) is 1. The van der Waals surface area contributed by atoms with Crippen LogP contribution in [0.4, 0.5) is 27.6 Å². The Labute approximate surface area is 158 Å². The van der Waals surface area contributed by atoms with E-state index in [9.17, 15) is 41.4 Å². The molecule has 0 unspecified atom stereocenters. The molecule has 0 amide bonds. The molecule has 0 spiro atoms. The van der Waals surface area contributed by atoms with Crippen molar-refractivity contribution in [2.75, 3.05) is 25.6 Å². The van der Waals surface area contributed by atoms with Crippen LogP contribution in [0.1, 0.15) is 39.0 Å². The van der Waals surface area contributed by atoms with E-state index in [0.717, 1.165) is 0 Å². The molecule has 0 aliphatic heterocycles. The second-order valence-electron chi connectivity index (χ2n) is 4.88. The maximum atomic E-state index is 13.7. The van der Waals surface area contributed by atoms with Crippen LogP contribution in [-0.4, -0.2) is 48.3 Å². The first-order valence-corrected chi connectivity index (χ1v) is 7.56. The monoisotopic (exact) mass is 434 g/mol. The fourth-order valence-electron chi connectivity index (χ4n) is 2.05. The molecule has 0 saturated carbocycles. The molecule has 0 aromatic carbocycles. The molecule has 1 aromatic rings. The zero-order chi connectivity index (χ0) is 21.9. The molecule has 28 heavy (non-hydrogen) atoms. The summed E-state index contributed by atoms with van der Waals surface area (Å²) in [6, 6.07) is 0. The number of aromatic nitrogens is 1. The van der Waals surface area contributed by atoms with E-state index in [-0.39, 0.29) is 6.61 Å². The second kappa shape index (κ2) is 8.54. The summed E-state index contributed by atoms with van der Waals surface area (Å²) < 4.78 is 75.8. The number of anilines is 1. The number of carbonyl (C=O) groups is 3. The van der Waals surface area contributed by atoms with Crippen molar-refractivity contribution < 1.29 is 50.9 Å². The van der Waals surface area contributed by atoms with E-state index in [1.165, 1.54) is 6.92 Å². The largest absolute Gasteiger partial charge is 0.478 e. The van der Waals surface area contributed by atoms with Crippen molar-refractivity contribution in [3.05, 3.63) is 22.5 Å². The Balaban J connectivity index is 3.93. The lowest BCUT2D eigenvalue weighted by molar-refractivity contribution is -0.142. The number of hydrogen-bond donors (Lipinski definition) is 2. The van der Waals surface area contributed by atoms with Gasteiger partial charge in [-0.05, 0) is 18.5 Å². The minimum absolute atomic E-state index is 0.134. The van der Waals surface area contributed by atoms with Crippen molar-refractivity contribution >= 4 is 35.2 Å². The van der Waals surface area contributed by atoms with Crippen LogP contribution in [-0.2, 0) is 25.8 Å². The number of rotatable bonds is 7. The summed E-state index contributed by atoms with van der Waals surface area (Å²) >= 11 is 4.77. The van der Waals surface area contributed by atoms with E-state index in [0.29, 0.717) is 7.11 Å². The predicted octanol–water partition coefficient (Wildman–Crippen LogP) is 2.85. The van der Waals surface area contributed by atoms with Crippen molar-refractivity contribution in [2.24, 2.45) is 0 Å². The Hall–Kier alpha value is -2.70. The molecule has 1 heterocycles. The van der Waals surface area contributed by atoms with Gasteiger partial charge in [-0.3, -0.25) is 4.79 Å². The smallest absolute Gasteiger partial charge is 0.434 e. The van der Waals surface area contributed by atoms with Gasteiger partial charge in [-0.15, -0.1) is 0 Å². The molecule has 1 aromatic heterocycles. The molecule has 1 rings (SSSR count). The van der Waals surface area contributed by atoms with Gasteiger partial charge >= 0.3 is 29.5 Å². The summed E-state index contributed by atoms with van der Waals surface area (Å²) in [4.78, 5) is 37.4. The Bertz CT molecular complexity index is 794. The van der Waals surface area contributed by atoms with E-state index in [1.54, 1.807) is 0 Å². The highest BCUT2D eigenvalue weighted by Crippen LogP contribution is 2.42. The summed E-state index contributed by atoms with van der Waals surface area (Å²) in [5, 5.41) is 6.47. The highest BCUT2D eigenvalue weighted by molar-refractivity contribution is 6.22. The third kappa shape index (κ3) is 5.18. The number of alkyl halides is 6. The zero-order valence-electron chi connectivity index (χ0n) is 14.1. The number of hydrogen-bond acceptors (Lipinski definition) is 7. The summed E-state index contributed by atoms with van der Waals surface area (Å²) in [6.07, 6.45) is -5.51. The standard InChI is InChI=1S/C14H12ClF5N2O6/c1-3-28-5(23)4-21-8-6(11(24)25)10(14(18,19)20)22-9(13(15,16)17)7(8)12(26)27-2/h3-4H2,1-2H3,(H,21,22)(H,24,25). The number of carboxylic acid groups (broad SMARTS) is 1. The molecule has 0 aliphatic carbocycles. The summed E-state index contributed by atoms with van der Waals surface area (Å²) in [7, 11) is 0.700. The molecule has 0 bridgehead atoms. The first kappa shape index (κ1) is 23.3. The molecule has 2 N–H and O–H groups in total. The quantitative estimate of drug-likeness (QED) is 0.382. The maximum Gasteiger partial charge on any atom is 0.434 e. The van der Waals surface area contributed by atoms with Crippen LogP contribution in [0.2, 0.25) is 0 Å². The van der Waals surface area contributed by atoms with Gasteiger partial charge in [0.25, 0.3) is 0 Å². The molecular weight excluding hydrogens is 423 g/mol. The minimum Gasteiger partial charge on any atom is -0.478 e. The van der Waals surface area contributed by atoms with Crippen LogP contribution in [0.15, 0.2) is 0 Å². The summed E-state index contributed by atoms with van der Waals surface area (Å²) in [5.41, 5.74) is -8.48. The highest BCUT2D eigenvalue weighted by Gasteiger charge is 2.46. The van der Waals surface area contributed by atoms with Crippen molar-refractivity contribution in [3.63, 3.8) is 0 Å². The Morgan fingerprint density at radius 1 is 1.14 bits per heavy atom. The molecule has 156 valence electrons. The molecule has 14 heteroatoms. The third-order valence-corrected chi connectivity index (χ3v) is 3.23. The Morgan fingerprint density at radius 3 is 2.11 bits per heavy atom. The molecule has 0 fully saturated rings. The van der Waals surface area contributed by atoms with Crippen LogP contribution in [0, 0.1) is 0 Å². The van der Waals surface area contributed by atoms with Crippen LogP contribution >= 0.6 is 11.6 Å². The number of halogens is 6. The van der Waals surface area contributed by atoms with Gasteiger partial charge in [-0.2, -0.15) is 22.0 Å². The van der Waals surface area contributed by atoms with E-state index in [4.69, 9.17) is 11.6 Å². The first-order valence-electron chi connectivity index (χ1n) is 7.19. The Morgan fingerprint density at radius 2 is 1.71 bits per heavy atom. The number of pyridine rings is 1. The molecule has 0 aliphatic rings. The summed E-state index contributed by atoms with van der Waals surface area (Å²) in [6.45, 7) is 0.318. The number of methoxy groups -OCH3 is 1. The number of nitrogens with zero attached hydrogens (tertiary/aromatic N) is 1. The van der Waals surface area contributed by atoms with E-state index < -0.39 is 64.2 Å². The normalized spacial score (nSPS) is 11.7. The lowest BCUT2D eigenvalue weighted by Gasteiger charge is -2.21. The topological polar surface area (TPSA) is 115 Å². The highest BCUT2D eigenvalue weighted by atomic mass is 35.5. The van der Waals surface area contributed by atoms with Gasteiger partial charge in [0.05, 0.1) is 19.4 Å². The average Bonchev–Trinajstić information content (AvgIpc) is 2.56. The molecule has 0 radical (unpaired) electrons. The van der Waals surface area contributed by atoms with Crippen molar-refractivity contribution in [2.45, 2.75) is 18.5 Å². The van der Waals surface area contributed by atoms with Gasteiger partial charge < -0.3 is 19.9 Å². The number of carbonyl (C=O) groups excluding carboxylic acids is 2. The number of carboxylic acids is 1. The van der Waals surface area contributed by atoms with E-state index in [2.05, 4.69) is 14.5 Å². The van der Waals surface area contributed by atoms with Gasteiger partial charge in [0, 0.05) is 0 Å². The molecule has 0 atom stereocenters. The predicted molar refractivity (Wildman–Crippen MR) is 82.4 cm³/mol. The average molecular weight is 435 g/mol. The fraction of sp³-hybridized carbons (Fsp3) is 0.429. The number of aromatic carboxylic acids is 1. The van der Waals surface area contributed by atoms with Crippen molar-refractivity contribution in [1.29, 1.82) is 0 Å². The zero-order valence-corrected chi connectivity index (χ0v) is 14.9. The number of esters is 2. The lowest BCUT2D eigenvalue weighted by atomic mass is 10.0. The van der Waals surface area contributed by atoms with Gasteiger partial charge in [-0.1, -0.05) is 0 Å². The van der Waals surface area contributed by atoms with Crippen LogP contribution in [0.3, 0.4) is 0 Å². The molecule has 0 saturated heterocycles. The van der Waals surface area contributed by atoms with Crippen LogP contribution in [0.25, 0.3) is 0 Å². The Kier molecular flexibility index (Phi) is 7.12. The fourth-order valence-corrected chi connectivity index (χ4v) is 2.19. The van der Waals surface area contributed by atoms with Gasteiger partial charge in [-0.25, -0.2) is 14.6 Å². The minimum atomic E-state index is -5.51. The van der Waals surface area contributed by atoms with Crippen LogP contribution in [0.5, 0.6) is 0 Å². The number of ether oxygens (including phenoxy) is 2. The lowest BCUT2D eigenvalue weighted by Crippen LogP contribution is -2.28. The van der Waals surface area contributed by atoms with Gasteiger partial charge in [0.1, 0.15) is 23.4 Å². The van der Waals surface area contributed by atoms with Gasteiger partial charge in [0.15, 0.2) is 5.69 Å². The molecule has 8 nitrogen and oxygen atoms in total. The second-order valence-corrected chi connectivity index (χ2v) is 5.36. The van der Waals surface area contributed by atoms with Gasteiger partial charge in [0.2, 0.25) is 0 Å². The van der Waals surface area contributed by atoms with Crippen molar-refractivity contribution in [3.8, 4) is 0 Å². The molecular formula is C14H12ClF5N2O6. The van der Waals surface area contributed by atoms with E-state index >= 15 is 0 Å². The maximum absolute atomic E-state index is 13.7. The SMILES string of the molecule is CCOC(=O)CNc1c(C(=O)O)c(C(F)(F)F)nc(C(F)(F)Cl)c1C(=O)OC.